The summed E-state index contributed by atoms with van der Waals surface area (Å²) in [4.78, 5) is 29.9. The first-order valence-corrected chi connectivity index (χ1v) is 8.94. The molecule has 0 unspecified atom stereocenters. The minimum absolute atomic E-state index is 0.251. The van der Waals surface area contributed by atoms with Crippen molar-refractivity contribution >= 4 is 28.7 Å². The number of H-pyrrole nitrogens is 1. The molecule has 0 bridgehead atoms. The molecule has 0 aliphatic rings. The van der Waals surface area contributed by atoms with E-state index in [2.05, 4.69) is 15.2 Å². The Morgan fingerprint density at radius 1 is 1.07 bits per heavy atom. The molecule has 0 spiro atoms. The van der Waals surface area contributed by atoms with Crippen LogP contribution in [0.2, 0.25) is 5.02 Å². The van der Waals surface area contributed by atoms with Crippen LogP contribution < -0.4 is 11.1 Å². The normalized spacial score (nSPS) is 11.5. The molecule has 0 aliphatic carbocycles. The molecule has 0 saturated heterocycles. The molecule has 4 aromatic rings. The van der Waals surface area contributed by atoms with Crippen molar-refractivity contribution in [3.8, 4) is 5.69 Å². The third-order valence-corrected chi connectivity index (χ3v) is 4.64. The fourth-order valence-electron chi connectivity index (χ4n) is 2.98. The number of benzene rings is 2. The second-order valence-corrected chi connectivity index (χ2v) is 6.75. The molecule has 2 aromatic heterocycles. The van der Waals surface area contributed by atoms with Gasteiger partial charge in [-0.05, 0) is 44.2 Å². The monoisotopic (exact) mass is 393 g/mol. The molecule has 1 N–H and O–H groups in total. The van der Waals surface area contributed by atoms with Crippen molar-refractivity contribution in [1.82, 2.24) is 19.4 Å². The summed E-state index contributed by atoms with van der Waals surface area (Å²) in [6.45, 7) is 3.45. The van der Waals surface area contributed by atoms with Crippen molar-refractivity contribution in [2.75, 3.05) is 0 Å². The van der Waals surface area contributed by atoms with E-state index in [1.54, 1.807) is 32.0 Å². The first-order valence-electron chi connectivity index (χ1n) is 8.56. The molecule has 28 heavy (non-hydrogen) atoms. The highest BCUT2D eigenvalue weighted by Gasteiger charge is 2.12. The topological polar surface area (TPSA) is 85.0 Å². The first-order chi connectivity index (χ1) is 13.5. The second-order valence-electron chi connectivity index (χ2n) is 6.31. The van der Waals surface area contributed by atoms with Crippen molar-refractivity contribution < 1.29 is 0 Å². The van der Waals surface area contributed by atoms with Crippen LogP contribution in [0.15, 0.2) is 63.2 Å². The van der Waals surface area contributed by atoms with Crippen LogP contribution in [-0.4, -0.2) is 25.7 Å². The number of hydrogen-bond donors (Lipinski definition) is 1. The maximum atomic E-state index is 12.8. The van der Waals surface area contributed by atoms with Crippen LogP contribution in [0.3, 0.4) is 0 Å². The lowest BCUT2D eigenvalue weighted by Crippen LogP contribution is -2.21. The van der Waals surface area contributed by atoms with E-state index in [9.17, 15) is 9.59 Å². The Balaban J connectivity index is 1.81. The average molecular weight is 394 g/mol. The summed E-state index contributed by atoms with van der Waals surface area (Å²) < 4.78 is 2.61. The molecule has 0 amide bonds. The van der Waals surface area contributed by atoms with Crippen LogP contribution in [-0.2, 0) is 0 Å². The van der Waals surface area contributed by atoms with Crippen LogP contribution in [0.5, 0.6) is 0 Å². The molecule has 0 aliphatic heterocycles. The number of nitrogens with one attached hydrogen (secondary N) is 1. The maximum Gasteiger partial charge on any atom is 0.282 e. The summed E-state index contributed by atoms with van der Waals surface area (Å²) in [5.74, 6) is 0.396. The van der Waals surface area contributed by atoms with Crippen LogP contribution >= 0.6 is 11.6 Å². The second kappa shape index (κ2) is 6.94. The van der Waals surface area contributed by atoms with E-state index >= 15 is 0 Å². The van der Waals surface area contributed by atoms with Gasteiger partial charge in [0.1, 0.15) is 5.82 Å². The molecule has 8 heteroatoms. The van der Waals surface area contributed by atoms with E-state index < -0.39 is 0 Å². The molecule has 7 nitrogen and oxygen atoms in total. The van der Waals surface area contributed by atoms with Gasteiger partial charge in [0.05, 0.1) is 28.4 Å². The molecule has 0 atom stereocenters. The highest BCUT2D eigenvalue weighted by molar-refractivity contribution is 6.31. The van der Waals surface area contributed by atoms with Gasteiger partial charge in [-0.3, -0.25) is 14.7 Å². The molecule has 4 rings (SSSR count). The molecule has 0 radical (unpaired) electrons. The van der Waals surface area contributed by atoms with E-state index in [1.165, 1.54) is 15.6 Å². The van der Waals surface area contributed by atoms with Gasteiger partial charge in [-0.25, -0.2) is 9.67 Å². The molecule has 0 fully saturated rings. The van der Waals surface area contributed by atoms with Crippen molar-refractivity contribution in [2.24, 2.45) is 5.10 Å². The summed E-state index contributed by atoms with van der Waals surface area (Å²) in [5.41, 5.74) is 1.65. The number of aromatic amines is 1. The van der Waals surface area contributed by atoms with Crippen molar-refractivity contribution in [3.05, 3.63) is 91.3 Å². The smallest absolute Gasteiger partial charge is 0.282 e. The predicted molar refractivity (Wildman–Crippen MR) is 110 cm³/mol. The summed E-state index contributed by atoms with van der Waals surface area (Å²) in [6.07, 6.45) is 1.38. The molecule has 2 heterocycles. The third kappa shape index (κ3) is 3.05. The number of para-hydroxylation sites is 1. The summed E-state index contributed by atoms with van der Waals surface area (Å²) in [6, 6.07) is 14.1. The van der Waals surface area contributed by atoms with E-state index in [1.807, 2.05) is 30.3 Å². The Morgan fingerprint density at radius 3 is 2.57 bits per heavy atom. The Kier molecular flexibility index (Phi) is 4.44. The van der Waals surface area contributed by atoms with Gasteiger partial charge in [0.25, 0.3) is 11.1 Å². The zero-order valence-corrected chi connectivity index (χ0v) is 15.9. The number of fused-ring (bicyclic) bond motifs is 1. The highest BCUT2D eigenvalue weighted by Crippen LogP contribution is 2.15. The summed E-state index contributed by atoms with van der Waals surface area (Å²) in [5, 5.41) is 8.16. The van der Waals surface area contributed by atoms with Gasteiger partial charge < -0.3 is 0 Å². The van der Waals surface area contributed by atoms with Crippen LogP contribution in [0.1, 0.15) is 17.1 Å². The highest BCUT2D eigenvalue weighted by atomic mass is 35.5. The van der Waals surface area contributed by atoms with Gasteiger partial charge in [-0.15, -0.1) is 0 Å². The minimum Gasteiger partial charge on any atom is -0.295 e. The lowest BCUT2D eigenvalue weighted by molar-refractivity contribution is 0.770. The van der Waals surface area contributed by atoms with E-state index in [0.717, 1.165) is 0 Å². The zero-order valence-electron chi connectivity index (χ0n) is 15.2. The van der Waals surface area contributed by atoms with Gasteiger partial charge >= 0.3 is 0 Å². The van der Waals surface area contributed by atoms with Crippen molar-refractivity contribution in [3.63, 3.8) is 0 Å². The minimum atomic E-state index is -0.327. The first kappa shape index (κ1) is 17.9. The Bertz CT molecular complexity index is 1330. The number of rotatable bonds is 3. The number of halogens is 1. The van der Waals surface area contributed by atoms with Crippen LogP contribution in [0.4, 0.5) is 0 Å². The van der Waals surface area contributed by atoms with Gasteiger partial charge in [0.15, 0.2) is 0 Å². The van der Waals surface area contributed by atoms with Crippen LogP contribution in [0.25, 0.3) is 16.6 Å². The van der Waals surface area contributed by atoms with Gasteiger partial charge in [0.2, 0.25) is 0 Å². The third-order valence-electron chi connectivity index (χ3n) is 4.41. The average Bonchev–Trinajstić information content (AvgIpc) is 2.96. The lowest BCUT2D eigenvalue weighted by Gasteiger charge is -2.05. The van der Waals surface area contributed by atoms with E-state index in [4.69, 9.17) is 11.6 Å². The number of nitrogens with zero attached hydrogens (tertiary/aromatic N) is 4. The summed E-state index contributed by atoms with van der Waals surface area (Å²) >= 11 is 5.97. The Labute approximate surface area is 164 Å². The van der Waals surface area contributed by atoms with Crippen molar-refractivity contribution in [1.29, 1.82) is 0 Å². The molecular formula is C20H16ClN5O2. The van der Waals surface area contributed by atoms with E-state index in [0.29, 0.717) is 38.7 Å². The number of aryl methyl sites for hydroxylation is 2. The fourth-order valence-corrected chi connectivity index (χ4v) is 3.15. The standard InChI is InChI=1S/C20H16ClN5O2/c1-12-17(20(28)26(24-12)15-6-4-3-5-7-15)11-22-25-13(2)23-18-10-14(21)8-9-16(18)19(25)27/h3-11,24H,1-2H3. The Hall–Kier alpha value is -3.45. The number of aromatic nitrogens is 4. The largest absolute Gasteiger partial charge is 0.295 e. The van der Waals surface area contributed by atoms with Crippen LogP contribution in [0, 0.1) is 13.8 Å². The predicted octanol–water partition coefficient (Wildman–Crippen LogP) is 3.03. The quantitative estimate of drug-likeness (QED) is 0.543. The molecule has 2 aromatic carbocycles. The zero-order chi connectivity index (χ0) is 19.8. The number of hydrogen-bond acceptors (Lipinski definition) is 4. The van der Waals surface area contributed by atoms with Crippen molar-refractivity contribution in [2.45, 2.75) is 13.8 Å². The molecule has 140 valence electrons. The SMILES string of the molecule is Cc1[nH]n(-c2ccccc2)c(=O)c1C=Nn1c(C)nc2cc(Cl)ccc2c1=O. The molecular weight excluding hydrogens is 378 g/mol. The van der Waals surface area contributed by atoms with E-state index in [-0.39, 0.29) is 11.1 Å². The lowest BCUT2D eigenvalue weighted by atomic mass is 10.2. The Morgan fingerprint density at radius 2 is 1.82 bits per heavy atom. The fraction of sp³-hybridized carbons (Fsp3) is 0.100. The van der Waals surface area contributed by atoms with Gasteiger partial charge in [-0.2, -0.15) is 9.78 Å². The van der Waals surface area contributed by atoms with Gasteiger partial charge in [0, 0.05) is 10.7 Å². The van der Waals surface area contributed by atoms with Gasteiger partial charge in [-0.1, -0.05) is 29.8 Å². The molecule has 0 saturated carbocycles. The summed E-state index contributed by atoms with van der Waals surface area (Å²) in [7, 11) is 0. The maximum absolute atomic E-state index is 12.8.